The molecule has 0 radical (unpaired) electrons. The van der Waals surface area contributed by atoms with E-state index in [2.05, 4.69) is 64.7 Å². The van der Waals surface area contributed by atoms with Crippen LogP contribution < -0.4 is 53.6 Å². The van der Waals surface area contributed by atoms with Gasteiger partial charge in [0.2, 0.25) is 47.3 Å². The molecule has 1 aromatic carbocycles. The van der Waals surface area contributed by atoms with E-state index in [4.69, 9.17) is 10.5 Å². The zero-order valence-electron chi connectivity index (χ0n) is 48.4. The first-order valence-corrected chi connectivity index (χ1v) is 28.2. The van der Waals surface area contributed by atoms with Gasteiger partial charge in [-0.25, -0.2) is 9.78 Å². The van der Waals surface area contributed by atoms with Gasteiger partial charge in [-0.05, 0) is 65.2 Å². The predicted molar refractivity (Wildman–Crippen MR) is 302 cm³/mol. The standard InChI is InChI=1S/C56H84N12O16/c1-7-10-11-12-13-14-15-16-17-18-37(72)27-44(74)61-38(8-2)51(78)68-48-33(6)84-56(83)42(26-35-28-58-30-60-35)65-54(81)46(31(4)69)66-50(77)39(9-3)62-45(75)29-59-49(76)40(23-24-43(57)73)63-52(79)41(25-34-19-21-36(71)22-20-34)64-53(80)47(32(5)70)67-55(48)82/h8-9,19-22,28,30-33,37,40-42,46-48,69-72H,7,10-18,23-27,29H2,1-6H3,(H2,57,73)(H,58,60)(H,59,76)(H,61,74)(H,62,75)(H,63,79)(H,64,80)(H,65,81)(H,66,77)(H,67,82)(H,68,78)/b38-8-,39-9-/t31-,32+,33+,37+,40+,41+,42-,46-,47+,48-/m0/s1. The highest BCUT2D eigenvalue weighted by molar-refractivity contribution is 6.03. The number of esters is 1. The van der Waals surface area contributed by atoms with E-state index in [1.54, 1.807) is 0 Å². The molecule has 2 aromatic rings. The summed E-state index contributed by atoms with van der Waals surface area (Å²) in [4.78, 5) is 158. The Morgan fingerprint density at radius 3 is 1.93 bits per heavy atom. The second-order valence-corrected chi connectivity index (χ2v) is 20.5. The number of aromatic amines is 1. The number of nitrogens with two attached hydrogens (primary N) is 1. The van der Waals surface area contributed by atoms with E-state index in [0.29, 0.717) is 18.4 Å². The molecule has 28 heteroatoms. The third-order valence-corrected chi connectivity index (χ3v) is 13.5. The van der Waals surface area contributed by atoms with E-state index >= 15 is 0 Å². The van der Waals surface area contributed by atoms with Crippen LogP contribution in [0.3, 0.4) is 0 Å². The fourth-order valence-corrected chi connectivity index (χ4v) is 8.67. The topological polar surface area (TPSA) is 441 Å². The van der Waals surface area contributed by atoms with E-state index in [1.165, 1.54) is 69.6 Å². The molecular formula is C56H84N12O16. The summed E-state index contributed by atoms with van der Waals surface area (Å²) < 4.78 is 5.76. The van der Waals surface area contributed by atoms with Crippen LogP contribution in [0, 0.1) is 0 Å². The van der Waals surface area contributed by atoms with Gasteiger partial charge in [-0.1, -0.05) is 89.0 Å². The zero-order chi connectivity index (χ0) is 62.5. The first kappa shape index (κ1) is 70.0. The highest BCUT2D eigenvalue weighted by Crippen LogP contribution is 2.16. The van der Waals surface area contributed by atoms with Gasteiger partial charge in [0.25, 0.3) is 11.8 Å². The number of benzene rings is 1. The number of nitrogens with one attached hydrogen (secondary N) is 10. The maximum absolute atomic E-state index is 14.6. The summed E-state index contributed by atoms with van der Waals surface area (Å²) in [5.41, 5.74) is 5.05. The number of phenols is 1. The number of nitrogens with zero attached hydrogens (tertiary/aromatic N) is 1. The van der Waals surface area contributed by atoms with E-state index in [9.17, 15) is 73.2 Å². The Morgan fingerprint density at radius 1 is 0.762 bits per heavy atom. The van der Waals surface area contributed by atoms with Crippen molar-refractivity contribution in [2.45, 2.75) is 199 Å². The second kappa shape index (κ2) is 36.4. The number of unbranched alkanes of at least 4 members (excludes halogenated alkanes) is 8. The Morgan fingerprint density at radius 2 is 1.36 bits per heavy atom. The second-order valence-electron chi connectivity index (χ2n) is 20.5. The van der Waals surface area contributed by atoms with Gasteiger partial charge >= 0.3 is 5.97 Å². The lowest BCUT2D eigenvalue weighted by Gasteiger charge is -2.30. The molecule has 1 aliphatic rings. The monoisotopic (exact) mass is 1180 g/mol. The van der Waals surface area contributed by atoms with Crippen molar-refractivity contribution in [1.82, 2.24) is 57.8 Å². The molecule has 84 heavy (non-hydrogen) atoms. The predicted octanol–water partition coefficient (Wildman–Crippen LogP) is -1.39. The molecule has 1 fully saturated rings. The van der Waals surface area contributed by atoms with Crippen LogP contribution in [0.1, 0.15) is 136 Å². The minimum atomic E-state index is -2.03. The molecule has 2 heterocycles. The van der Waals surface area contributed by atoms with Crippen molar-refractivity contribution < 1.29 is 77.9 Å². The average Bonchev–Trinajstić information content (AvgIpc) is 4.03. The number of H-pyrrole nitrogens is 1. The van der Waals surface area contributed by atoms with Crippen LogP contribution in [-0.4, -0.2) is 163 Å². The largest absolute Gasteiger partial charge is 0.508 e. The molecule has 464 valence electrons. The van der Waals surface area contributed by atoms with Gasteiger partial charge < -0.3 is 83.7 Å². The number of carbonyl (C=O) groups is 11. The zero-order valence-corrected chi connectivity index (χ0v) is 48.4. The van der Waals surface area contributed by atoms with Crippen LogP contribution >= 0.6 is 0 Å². The third-order valence-electron chi connectivity index (χ3n) is 13.5. The number of ether oxygens (including phenoxy) is 1. The van der Waals surface area contributed by atoms with Crippen molar-refractivity contribution in [2.24, 2.45) is 5.73 Å². The van der Waals surface area contributed by atoms with E-state index in [-0.39, 0.29) is 17.9 Å². The highest BCUT2D eigenvalue weighted by Gasteiger charge is 2.39. The molecule has 10 amide bonds. The minimum Gasteiger partial charge on any atom is -0.508 e. The number of allylic oxidation sites excluding steroid dienone is 2. The van der Waals surface area contributed by atoms with Crippen LogP contribution in [0.25, 0.3) is 0 Å². The van der Waals surface area contributed by atoms with Crippen molar-refractivity contribution >= 4 is 65.0 Å². The summed E-state index contributed by atoms with van der Waals surface area (Å²) in [7, 11) is 0. The van der Waals surface area contributed by atoms with Crippen molar-refractivity contribution in [3.8, 4) is 5.75 Å². The number of rotatable bonds is 24. The Hall–Kier alpha value is -8.24. The van der Waals surface area contributed by atoms with Crippen molar-refractivity contribution in [3.63, 3.8) is 0 Å². The fourth-order valence-electron chi connectivity index (χ4n) is 8.67. The lowest BCUT2D eigenvalue weighted by Crippen LogP contribution is -2.63. The number of hydrogen-bond acceptors (Lipinski definition) is 17. The Kier molecular flexibility index (Phi) is 30.3. The smallest absolute Gasteiger partial charge is 0.329 e. The van der Waals surface area contributed by atoms with Gasteiger partial charge in [0.15, 0.2) is 0 Å². The van der Waals surface area contributed by atoms with E-state index in [1.807, 2.05) is 0 Å². The molecule has 28 nitrogen and oxygen atoms in total. The molecule has 3 rings (SSSR count). The molecule has 1 aromatic heterocycles. The van der Waals surface area contributed by atoms with Gasteiger partial charge in [-0.15, -0.1) is 0 Å². The highest BCUT2D eigenvalue weighted by atomic mass is 16.5. The van der Waals surface area contributed by atoms with E-state index < -0.39 is 169 Å². The number of aliphatic hydroxyl groups excluding tert-OH is 3. The molecule has 0 bridgehead atoms. The Balaban J connectivity index is 2.11. The van der Waals surface area contributed by atoms with Gasteiger partial charge in [0, 0.05) is 31.2 Å². The quantitative estimate of drug-likeness (QED) is 0.0327. The lowest BCUT2D eigenvalue weighted by molar-refractivity contribution is -0.156. The number of primary amides is 1. The third kappa shape index (κ3) is 24.7. The first-order chi connectivity index (χ1) is 39.9. The van der Waals surface area contributed by atoms with Crippen LogP contribution in [0.5, 0.6) is 5.75 Å². The fraction of sp³-hybridized carbons (Fsp3) is 0.571. The summed E-state index contributed by atoms with van der Waals surface area (Å²) in [5.74, 6) is -12.2. The molecule has 16 N–H and O–H groups in total. The van der Waals surface area contributed by atoms with Crippen molar-refractivity contribution in [3.05, 3.63) is 71.6 Å². The van der Waals surface area contributed by atoms with Gasteiger partial charge in [-0.2, -0.15) is 0 Å². The number of imidazole rings is 1. The van der Waals surface area contributed by atoms with E-state index in [0.717, 1.165) is 65.4 Å². The van der Waals surface area contributed by atoms with Crippen molar-refractivity contribution in [1.29, 1.82) is 0 Å². The molecular weight excluding hydrogens is 1100 g/mol. The van der Waals surface area contributed by atoms with Crippen LogP contribution in [0.4, 0.5) is 0 Å². The summed E-state index contributed by atoms with van der Waals surface area (Å²) >= 11 is 0. The van der Waals surface area contributed by atoms with Crippen LogP contribution in [0.15, 0.2) is 60.3 Å². The van der Waals surface area contributed by atoms with Gasteiger partial charge in [0.05, 0.1) is 37.6 Å². The van der Waals surface area contributed by atoms with Crippen LogP contribution in [-0.2, 0) is 70.3 Å². The summed E-state index contributed by atoms with van der Waals surface area (Å²) in [6.07, 6.45) is 6.19. The maximum atomic E-state index is 14.6. The SMILES string of the molecule is C/C=C1\NC(=O)CNC(=O)[C@@H](CCC(N)=O)NC(=O)[C@@H](Cc2ccc(O)cc2)NC(=O)[C@@H]([C@@H](C)O)NC(=O)[C@@H](NC(=O)/C(=C/C)NC(=O)C[C@H](O)CCCCCCCCCCC)[C@@H](C)OC(=O)[C@H](Cc2cnc[nH]2)NC(=O)[C@H]([C@H](C)O)NC1=O. The number of carbonyl (C=O) groups excluding carboxylic acids is 11. The van der Waals surface area contributed by atoms with Gasteiger partial charge in [0.1, 0.15) is 59.5 Å². The molecule has 10 atom stereocenters. The Bertz CT molecular complexity index is 2610. The number of aromatic nitrogens is 2. The number of phenolic OH excluding ortho intramolecular Hbond substituents is 1. The minimum absolute atomic E-state index is 0.159. The average molecular weight is 1180 g/mol. The first-order valence-electron chi connectivity index (χ1n) is 28.2. The number of aliphatic hydroxyl groups is 3. The number of hydrogen-bond donors (Lipinski definition) is 15. The molecule has 0 saturated carbocycles. The summed E-state index contributed by atoms with van der Waals surface area (Å²) in [6.45, 7) is 7.40. The van der Waals surface area contributed by atoms with Crippen LogP contribution in [0.2, 0.25) is 0 Å². The number of cyclic esters (lactones) is 1. The number of amides is 10. The Labute approximate surface area is 487 Å². The molecule has 0 spiro atoms. The normalized spacial score (nSPS) is 22.8. The van der Waals surface area contributed by atoms with Gasteiger partial charge in [-0.3, -0.25) is 47.9 Å². The molecule has 1 saturated heterocycles. The van der Waals surface area contributed by atoms with Crippen molar-refractivity contribution in [2.75, 3.05) is 6.54 Å². The number of aromatic hydroxyl groups is 1. The lowest BCUT2D eigenvalue weighted by atomic mass is 10.0. The molecule has 0 aliphatic carbocycles. The maximum Gasteiger partial charge on any atom is 0.329 e. The molecule has 0 unspecified atom stereocenters. The summed E-state index contributed by atoms with van der Waals surface area (Å²) in [6, 6.07) is -5.52. The summed E-state index contributed by atoms with van der Waals surface area (Å²) in [5, 5.41) is 63.8. The molecule has 1 aliphatic heterocycles.